The fourth-order valence-corrected chi connectivity index (χ4v) is 4.56. The summed E-state index contributed by atoms with van der Waals surface area (Å²) in [5.74, 6) is -2.29. The molecule has 2 aliphatic heterocycles. The van der Waals surface area contributed by atoms with Gasteiger partial charge in [0.2, 0.25) is 11.8 Å². The summed E-state index contributed by atoms with van der Waals surface area (Å²) < 4.78 is 11.1. The molecule has 1 saturated heterocycles. The van der Waals surface area contributed by atoms with E-state index in [1.165, 1.54) is 12.1 Å². The molecule has 0 aliphatic carbocycles. The van der Waals surface area contributed by atoms with Crippen LogP contribution in [0.1, 0.15) is 106 Å². The van der Waals surface area contributed by atoms with Crippen LogP contribution in [-0.4, -0.2) is 65.0 Å². The predicted molar refractivity (Wildman–Crippen MR) is 141 cm³/mol. The first-order valence-corrected chi connectivity index (χ1v) is 13.6. The second kappa shape index (κ2) is 13.6. The molecule has 10 heteroatoms. The zero-order chi connectivity index (χ0) is 28.6. The summed E-state index contributed by atoms with van der Waals surface area (Å²) in [7, 11) is 0. The number of nitrogens with one attached hydrogen (secondary N) is 1. The number of hydrogen-bond donors (Lipinski definition) is 1. The highest BCUT2D eigenvalue weighted by molar-refractivity contribution is 6.24. The van der Waals surface area contributed by atoms with E-state index in [9.17, 15) is 28.8 Å². The van der Waals surface area contributed by atoms with Crippen molar-refractivity contribution in [1.29, 1.82) is 0 Å². The quantitative estimate of drug-likeness (QED) is 0.263. The molecular weight excluding hydrogens is 504 g/mol. The number of ether oxygens (including phenoxy) is 2. The topological polar surface area (TPSA) is 136 Å². The number of Topliss-reactive ketones (excluding diaryl/α,β-unsaturated/α-hetero) is 2. The first kappa shape index (κ1) is 30.1. The van der Waals surface area contributed by atoms with Gasteiger partial charge in [-0.15, -0.1) is 0 Å². The van der Waals surface area contributed by atoms with Gasteiger partial charge in [-0.25, -0.2) is 0 Å². The fraction of sp³-hybridized carbons (Fsp3) is 0.586. The van der Waals surface area contributed by atoms with Gasteiger partial charge in [-0.3, -0.25) is 39.0 Å². The summed E-state index contributed by atoms with van der Waals surface area (Å²) >= 11 is 0. The van der Waals surface area contributed by atoms with E-state index in [4.69, 9.17) is 9.47 Å². The number of imide groups is 2. The Labute approximate surface area is 228 Å². The molecule has 3 rings (SSSR count). The lowest BCUT2D eigenvalue weighted by atomic mass is 10.0. The highest BCUT2D eigenvalue weighted by Crippen LogP contribution is 2.33. The third-order valence-electron chi connectivity index (χ3n) is 6.65. The van der Waals surface area contributed by atoms with Gasteiger partial charge in [-0.05, 0) is 52.2 Å². The molecule has 1 aromatic rings. The van der Waals surface area contributed by atoms with Crippen LogP contribution < -0.4 is 10.1 Å². The van der Waals surface area contributed by atoms with Crippen LogP contribution in [0.5, 0.6) is 5.75 Å². The Hall–Kier alpha value is -3.40. The fourth-order valence-electron chi connectivity index (χ4n) is 4.56. The van der Waals surface area contributed by atoms with Gasteiger partial charge in [0.15, 0.2) is 11.6 Å². The molecule has 0 bridgehead atoms. The van der Waals surface area contributed by atoms with Crippen LogP contribution in [-0.2, 0) is 23.9 Å². The normalized spacial score (nSPS) is 17.3. The van der Waals surface area contributed by atoms with Gasteiger partial charge >= 0.3 is 0 Å². The van der Waals surface area contributed by atoms with Crippen LogP contribution in [0.3, 0.4) is 0 Å². The molecule has 2 heterocycles. The number of ketones is 2. The van der Waals surface area contributed by atoms with Gasteiger partial charge in [0.05, 0.1) is 16.7 Å². The Morgan fingerprint density at radius 3 is 2.13 bits per heavy atom. The number of nitrogens with zero attached hydrogens (tertiary/aromatic N) is 1. The Bertz CT molecular complexity index is 1120. The zero-order valence-corrected chi connectivity index (χ0v) is 23.0. The summed E-state index contributed by atoms with van der Waals surface area (Å²) in [6.07, 6.45) is 6.33. The Kier molecular flexibility index (Phi) is 10.5. The summed E-state index contributed by atoms with van der Waals surface area (Å²) in [4.78, 5) is 74.7. The summed E-state index contributed by atoms with van der Waals surface area (Å²) in [6, 6.07) is 3.49. The van der Waals surface area contributed by atoms with Crippen LogP contribution in [0.4, 0.5) is 0 Å². The number of hydrogen-bond acceptors (Lipinski definition) is 8. The van der Waals surface area contributed by atoms with Crippen molar-refractivity contribution in [3.05, 3.63) is 29.3 Å². The number of carbonyl (C=O) groups excluding carboxylic acids is 6. The van der Waals surface area contributed by atoms with Crippen LogP contribution in [0.2, 0.25) is 0 Å². The van der Waals surface area contributed by atoms with Crippen molar-refractivity contribution in [2.24, 2.45) is 0 Å². The van der Waals surface area contributed by atoms with Gasteiger partial charge < -0.3 is 9.47 Å². The van der Waals surface area contributed by atoms with Crippen LogP contribution >= 0.6 is 0 Å². The molecule has 4 amide bonds. The molecule has 0 radical (unpaired) electrons. The minimum atomic E-state index is -1.06. The van der Waals surface area contributed by atoms with Crippen molar-refractivity contribution in [3.63, 3.8) is 0 Å². The average Bonchev–Trinajstić information content (AvgIpc) is 3.13. The van der Waals surface area contributed by atoms with Crippen LogP contribution in [0, 0.1) is 0 Å². The third-order valence-corrected chi connectivity index (χ3v) is 6.65. The van der Waals surface area contributed by atoms with Gasteiger partial charge in [-0.2, -0.15) is 0 Å². The number of fused-ring (bicyclic) bond motifs is 1. The summed E-state index contributed by atoms with van der Waals surface area (Å²) in [6.45, 7) is 5.70. The van der Waals surface area contributed by atoms with Gasteiger partial charge in [0, 0.05) is 19.3 Å². The van der Waals surface area contributed by atoms with E-state index in [1.807, 2.05) is 20.8 Å². The van der Waals surface area contributed by atoms with E-state index < -0.39 is 29.7 Å². The SMILES string of the molecule is CC(C)(C)OCC(=O)CCCCCCCCC(=O)COc1cccc2c1C(=O)N(C1CCC(=O)NC1=O)C2=O. The molecule has 212 valence electrons. The van der Waals surface area contributed by atoms with E-state index in [0.717, 1.165) is 37.0 Å². The maximum atomic E-state index is 13.1. The third kappa shape index (κ3) is 8.54. The van der Waals surface area contributed by atoms with Crippen molar-refractivity contribution < 1.29 is 38.2 Å². The Balaban J connectivity index is 1.36. The van der Waals surface area contributed by atoms with Crippen molar-refractivity contribution in [1.82, 2.24) is 10.2 Å². The monoisotopic (exact) mass is 542 g/mol. The van der Waals surface area contributed by atoms with E-state index in [2.05, 4.69) is 5.32 Å². The minimum Gasteiger partial charge on any atom is -0.485 e. The molecular formula is C29H38N2O8. The largest absolute Gasteiger partial charge is 0.485 e. The zero-order valence-electron chi connectivity index (χ0n) is 23.0. The van der Waals surface area contributed by atoms with E-state index in [0.29, 0.717) is 19.3 Å². The maximum absolute atomic E-state index is 13.1. The smallest absolute Gasteiger partial charge is 0.266 e. The molecule has 1 N–H and O–H groups in total. The highest BCUT2D eigenvalue weighted by Gasteiger charge is 2.46. The first-order valence-electron chi connectivity index (χ1n) is 13.6. The van der Waals surface area contributed by atoms with Crippen molar-refractivity contribution >= 4 is 35.2 Å². The highest BCUT2D eigenvalue weighted by atomic mass is 16.5. The molecule has 1 atom stereocenters. The van der Waals surface area contributed by atoms with Crippen LogP contribution in [0.15, 0.2) is 18.2 Å². The number of unbranched alkanes of at least 4 members (excludes halogenated alkanes) is 5. The molecule has 39 heavy (non-hydrogen) atoms. The first-order chi connectivity index (χ1) is 18.5. The predicted octanol–water partition coefficient (Wildman–Crippen LogP) is 3.54. The van der Waals surface area contributed by atoms with Crippen molar-refractivity contribution in [2.75, 3.05) is 13.2 Å². The molecule has 2 aliphatic rings. The molecule has 0 aromatic heterocycles. The van der Waals surface area contributed by atoms with Gasteiger partial charge in [-0.1, -0.05) is 31.7 Å². The number of piperidine rings is 1. The summed E-state index contributed by atoms with van der Waals surface area (Å²) in [5, 5.41) is 2.16. The molecule has 1 unspecified atom stereocenters. The Morgan fingerprint density at radius 2 is 1.51 bits per heavy atom. The lowest BCUT2D eigenvalue weighted by Gasteiger charge is -2.27. The number of benzene rings is 1. The number of rotatable bonds is 15. The minimum absolute atomic E-state index is 0.0310. The molecule has 10 nitrogen and oxygen atoms in total. The lowest BCUT2D eigenvalue weighted by molar-refractivity contribution is -0.136. The van der Waals surface area contributed by atoms with E-state index in [1.54, 1.807) is 6.07 Å². The summed E-state index contributed by atoms with van der Waals surface area (Å²) in [5.41, 5.74) is -0.171. The number of amides is 4. The molecule has 0 spiro atoms. The second-order valence-corrected chi connectivity index (χ2v) is 11.0. The van der Waals surface area contributed by atoms with Gasteiger partial charge in [0.25, 0.3) is 11.8 Å². The van der Waals surface area contributed by atoms with Crippen molar-refractivity contribution in [3.8, 4) is 5.75 Å². The lowest BCUT2D eigenvalue weighted by Crippen LogP contribution is -2.54. The van der Waals surface area contributed by atoms with E-state index >= 15 is 0 Å². The number of carbonyl (C=O) groups is 6. The molecule has 0 saturated carbocycles. The van der Waals surface area contributed by atoms with Crippen molar-refractivity contribution in [2.45, 2.75) is 96.6 Å². The standard InChI is InChI=1S/C29H38N2O8/c1-29(2,3)39-18-20(33)12-9-7-5-4-6-8-11-19(32)17-38-23-14-10-13-21-25(23)28(37)31(27(21)36)22-15-16-24(34)30-26(22)35/h10,13-14,22H,4-9,11-12,15-18H2,1-3H3,(H,30,34,35). The average molecular weight is 543 g/mol. The van der Waals surface area contributed by atoms with E-state index in [-0.39, 0.29) is 60.1 Å². The second-order valence-electron chi connectivity index (χ2n) is 11.0. The van der Waals surface area contributed by atoms with Crippen LogP contribution in [0.25, 0.3) is 0 Å². The maximum Gasteiger partial charge on any atom is 0.266 e. The van der Waals surface area contributed by atoms with Gasteiger partial charge in [0.1, 0.15) is 25.0 Å². The molecule has 1 aromatic carbocycles. The molecule has 1 fully saturated rings. The Morgan fingerprint density at radius 1 is 0.897 bits per heavy atom.